The fourth-order valence-electron chi connectivity index (χ4n) is 3.19. The van der Waals surface area contributed by atoms with Gasteiger partial charge in [-0.2, -0.15) is 0 Å². The summed E-state index contributed by atoms with van der Waals surface area (Å²) in [5.41, 5.74) is 0.446. The van der Waals surface area contributed by atoms with Gasteiger partial charge in [0, 0.05) is 6.04 Å². The van der Waals surface area contributed by atoms with Gasteiger partial charge in [0.25, 0.3) is 0 Å². The minimum Gasteiger partial charge on any atom is -0.744 e. The molecule has 0 aliphatic rings. The fraction of sp³-hybridized carbons (Fsp3) is 0.571. The normalized spacial score (nSPS) is 12.1. The van der Waals surface area contributed by atoms with Crippen LogP contribution in [0.25, 0.3) is 0 Å². The summed E-state index contributed by atoms with van der Waals surface area (Å²) in [5, 5.41) is 2.86. The van der Waals surface area contributed by atoms with Crippen molar-refractivity contribution in [1.82, 2.24) is 5.32 Å². The monoisotopic (exact) mass is 417 g/mol. The Morgan fingerprint density at radius 1 is 1.11 bits per heavy atom. The van der Waals surface area contributed by atoms with Gasteiger partial charge in [0.1, 0.15) is 10.1 Å². The third-order valence-corrected chi connectivity index (χ3v) is 5.58. The van der Waals surface area contributed by atoms with Crippen molar-refractivity contribution in [3.05, 3.63) is 42.5 Å². The minimum atomic E-state index is -4.54. The van der Waals surface area contributed by atoms with Crippen molar-refractivity contribution in [2.45, 2.75) is 82.1 Å². The van der Waals surface area contributed by atoms with Crippen LogP contribution in [0.4, 0.5) is 0 Å². The number of hydrogen-bond donors (Lipinski definition) is 1. The molecule has 0 saturated carbocycles. The molecule has 28 heavy (non-hydrogen) atoms. The van der Waals surface area contributed by atoms with Crippen molar-refractivity contribution < 1.29 is 47.3 Å². The number of nitrogens with one attached hydrogen (secondary N) is 1. The van der Waals surface area contributed by atoms with Crippen molar-refractivity contribution >= 4 is 16.0 Å². The third kappa shape index (κ3) is 11.4. The molecule has 1 atom stereocenters. The first-order chi connectivity index (χ1) is 12.9. The van der Waals surface area contributed by atoms with Gasteiger partial charge >= 0.3 is 29.6 Å². The number of carbonyl (C=O) groups is 1. The van der Waals surface area contributed by atoms with Crippen LogP contribution < -0.4 is 34.9 Å². The van der Waals surface area contributed by atoms with Crippen LogP contribution in [0.15, 0.2) is 41.8 Å². The molecule has 1 unspecified atom stereocenters. The van der Waals surface area contributed by atoms with E-state index in [0.29, 0.717) is 12.0 Å². The van der Waals surface area contributed by atoms with E-state index in [4.69, 9.17) is 0 Å². The summed E-state index contributed by atoms with van der Waals surface area (Å²) in [4.78, 5) is 11.5. The maximum absolute atomic E-state index is 11.7. The van der Waals surface area contributed by atoms with E-state index in [2.05, 4.69) is 18.8 Å². The number of benzene rings is 1. The number of carbonyl (C=O) groups excluding carboxylic acids is 1. The van der Waals surface area contributed by atoms with Crippen molar-refractivity contribution in [1.29, 1.82) is 0 Å². The number of unbranched alkanes of at least 4 members (excludes halogenated alkanes) is 7. The summed E-state index contributed by atoms with van der Waals surface area (Å²) in [5.74, 6) is -0.290. The first kappa shape index (κ1) is 27.3. The van der Waals surface area contributed by atoms with E-state index in [1.807, 2.05) is 0 Å². The van der Waals surface area contributed by atoms with Gasteiger partial charge in [-0.1, -0.05) is 83.1 Å². The Kier molecular flexibility index (Phi) is 14.9. The Labute approximate surface area is 192 Å². The minimum absolute atomic E-state index is 0. The second-order valence-corrected chi connectivity index (χ2v) is 8.29. The van der Waals surface area contributed by atoms with Gasteiger partial charge in [-0.05, 0) is 30.5 Å². The summed E-state index contributed by atoms with van der Waals surface area (Å²) in [7, 11) is -4.54. The Morgan fingerprint density at radius 2 is 1.68 bits per heavy atom. The maximum Gasteiger partial charge on any atom is 1.00 e. The summed E-state index contributed by atoms with van der Waals surface area (Å²) < 4.78 is 34.4. The molecular formula is C21H32NNaO4S. The molecule has 0 spiro atoms. The molecule has 7 heteroatoms. The van der Waals surface area contributed by atoms with E-state index >= 15 is 0 Å². The van der Waals surface area contributed by atoms with E-state index in [1.165, 1.54) is 50.3 Å². The van der Waals surface area contributed by atoms with Gasteiger partial charge in [0.05, 0.1) is 4.90 Å². The zero-order valence-corrected chi connectivity index (χ0v) is 20.1. The van der Waals surface area contributed by atoms with E-state index in [0.717, 1.165) is 25.7 Å². The molecule has 0 bridgehead atoms. The van der Waals surface area contributed by atoms with Crippen LogP contribution >= 0.6 is 0 Å². The average molecular weight is 418 g/mol. The van der Waals surface area contributed by atoms with Crippen molar-refractivity contribution in [2.75, 3.05) is 0 Å². The molecule has 1 amide bonds. The zero-order chi connectivity index (χ0) is 20.1. The Balaban J connectivity index is 0.00000729. The Bertz CT molecular complexity index is 691. The van der Waals surface area contributed by atoms with Gasteiger partial charge in [0.2, 0.25) is 5.91 Å². The van der Waals surface area contributed by atoms with Crippen molar-refractivity contribution in [2.24, 2.45) is 0 Å². The third-order valence-electron chi connectivity index (χ3n) is 4.65. The van der Waals surface area contributed by atoms with Gasteiger partial charge in [-0.3, -0.25) is 4.79 Å². The molecule has 1 aromatic rings. The summed E-state index contributed by atoms with van der Waals surface area (Å²) >= 11 is 0. The largest absolute Gasteiger partial charge is 1.00 e. The second-order valence-electron chi connectivity index (χ2n) is 6.94. The number of rotatable bonds is 14. The molecular weight excluding hydrogens is 385 g/mol. The molecule has 152 valence electrons. The molecule has 1 aromatic carbocycles. The van der Waals surface area contributed by atoms with Gasteiger partial charge in [0.15, 0.2) is 0 Å². The predicted molar refractivity (Wildman–Crippen MR) is 107 cm³/mol. The van der Waals surface area contributed by atoms with E-state index in [9.17, 15) is 17.8 Å². The van der Waals surface area contributed by atoms with Crippen LogP contribution in [0.2, 0.25) is 0 Å². The van der Waals surface area contributed by atoms with Crippen LogP contribution in [0.5, 0.6) is 0 Å². The molecule has 0 aliphatic heterocycles. The molecule has 0 aliphatic carbocycles. The Hall–Kier alpha value is -0.660. The first-order valence-electron chi connectivity index (χ1n) is 9.85. The van der Waals surface area contributed by atoms with Crippen LogP contribution in [-0.4, -0.2) is 24.9 Å². The molecule has 0 fully saturated rings. The van der Waals surface area contributed by atoms with Crippen molar-refractivity contribution in [3.63, 3.8) is 0 Å². The van der Waals surface area contributed by atoms with E-state index in [-0.39, 0.29) is 46.4 Å². The predicted octanol–water partition coefficient (Wildman–Crippen LogP) is 1.34. The summed E-state index contributed by atoms with van der Waals surface area (Å²) in [6.07, 6.45) is 11.7. The number of hydrogen-bond acceptors (Lipinski definition) is 4. The van der Waals surface area contributed by atoms with Crippen molar-refractivity contribution in [3.8, 4) is 0 Å². The molecule has 0 radical (unpaired) electrons. The van der Waals surface area contributed by atoms with E-state index in [1.54, 1.807) is 12.1 Å². The molecule has 5 nitrogen and oxygen atoms in total. The average Bonchev–Trinajstić information content (AvgIpc) is 2.63. The van der Waals surface area contributed by atoms with E-state index < -0.39 is 10.1 Å². The molecule has 1 rings (SSSR count). The van der Waals surface area contributed by atoms with Crippen LogP contribution in [0, 0.1) is 0 Å². The summed E-state index contributed by atoms with van der Waals surface area (Å²) in [6.45, 7) is 5.67. The standard InChI is InChI=1S/C21H33NO4S.Na/c1-3-5-6-7-8-9-10-11-15-19(22-21(23)4-2)17-18-14-12-13-16-20(18)27(24,25)26;/h4,12-14,16,19H,2-3,5-11,15,17H2,1H3,(H,22,23)(H,24,25,26);/q;+1/p-1. The van der Waals surface area contributed by atoms with Gasteiger partial charge in [-0.25, -0.2) is 8.42 Å². The summed E-state index contributed by atoms with van der Waals surface area (Å²) in [6, 6.07) is 5.96. The Morgan fingerprint density at radius 3 is 2.25 bits per heavy atom. The SMILES string of the molecule is C=CC(=O)NC(CCCCCCCCCC)Cc1ccccc1S(=O)(=O)[O-].[Na+]. The van der Waals surface area contributed by atoms with Crippen LogP contribution in [0.3, 0.4) is 0 Å². The second kappa shape index (κ2) is 15.2. The maximum atomic E-state index is 11.7. The quantitative estimate of drug-likeness (QED) is 0.214. The first-order valence-corrected chi connectivity index (χ1v) is 11.3. The molecule has 0 saturated heterocycles. The smallest absolute Gasteiger partial charge is 0.744 e. The zero-order valence-electron chi connectivity index (χ0n) is 17.3. The number of amides is 1. The molecule has 1 N–H and O–H groups in total. The van der Waals surface area contributed by atoms with Crippen LogP contribution in [-0.2, 0) is 21.3 Å². The van der Waals surface area contributed by atoms with Gasteiger partial charge in [-0.15, -0.1) is 0 Å². The van der Waals surface area contributed by atoms with Gasteiger partial charge < -0.3 is 9.87 Å². The fourth-order valence-corrected chi connectivity index (χ4v) is 3.91. The topological polar surface area (TPSA) is 86.3 Å². The molecule has 0 heterocycles. The van der Waals surface area contributed by atoms with Crippen LogP contribution in [0.1, 0.15) is 70.3 Å². The molecule has 0 aromatic heterocycles.